The molecule has 1 heterocycles. The van der Waals surface area contributed by atoms with E-state index in [9.17, 15) is 35.5 Å². The molecule has 4 nitrogen and oxygen atoms in total. The minimum absolute atomic E-state index is 0.159. The molecule has 150 valence electrons. The number of primary amides is 1. The van der Waals surface area contributed by atoms with Crippen LogP contribution in [-0.2, 0) is 18.1 Å². The van der Waals surface area contributed by atoms with E-state index < -0.39 is 77.0 Å². The Kier molecular flexibility index (Phi) is 3.28. The maximum atomic E-state index is 14.1. The van der Waals surface area contributed by atoms with Gasteiger partial charge in [-0.05, 0) is 18.3 Å². The summed E-state index contributed by atoms with van der Waals surface area (Å²) in [7, 11) is 0. The van der Waals surface area contributed by atoms with Crippen molar-refractivity contribution in [3.05, 3.63) is 17.0 Å². The second-order valence-electron chi connectivity index (χ2n) is 8.42. The Morgan fingerprint density at radius 3 is 2.11 bits per heavy atom. The normalized spacial score (nSPS) is 32.2. The van der Waals surface area contributed by atoms with Gasteiger partial charge in [0.05, 0.1) is 11.1 Å². The van der Waals surface area contributed by atoms with Gasteiger partial charge in [0.2, 0.25) is 5.92 Å². The van der Waals surface area contributed by atoms with E-state index in [1.165, 1.54) is 6.92 Å². The van der Waals surface area contributed by atoms with E-state index in [2.05, 4.69) is 5.10 Å². The second-order valence-corrected chi connectivity index (χ2v) is 8.42. The van der Waals surface area contributed by atoms with Crippen molar-refractivity contribution in [1.29, 1.82) is 0 Å². The Balaban J connectivity index is 1.82. The summed E-state index contributed by atoms with van der Waals surface area (Å²) in [5.74, 6) is -8.77. The molecule has 5 rings (SSSR count). The number of halogens is 7. The van der Waals surface area contributed by atoms with Crippen molar-refractivity contribution >= 4 is 5.91 Å². The molecule has 27 heavy (non-hydrogen) atoms. The lowest BCUT2D eigenvalue weighted by atomic mass is 9.40. The van der Waals surface area contributed by atoms with Crippen molar-refractivity contribution in [2.75, 3.05) is 0 Å². The maximum Gasteiger partial charge on any atom is 0.420 e. The van der Waals surface area contributed by atoms with Crippen LogP contribution in [0, 0.1) is 11.3 Å². The van der Waals surface area contributed by atoms with Crippen molar-refractivity contribution in [2.45, 2.75) is 62.6 Å². The molecule has 0 spiro atoms. The number of amides is 1. The van der Waals surface area contributed by atoms with Gasteiger partial charge in [-0.3, -0.25) is 9.48 Å². The minimum Gasteiger partial charge on any atom is -0.364 e. The molecule has 1 amide bonds. The summed E-state index contributed by atoms with van der Waals surface area (Å²) in [6.45, 7) is 0.981. The first-order chi connectivity index (χ1) is 12.1. The number of carbonyl (C=O) groups excluding carboxylic acids is 1. The van der Waals surface area contributed by atoms with Crippen LogP contribution in [0.15, 0.2) is 0 Å². The highest BCUT2D eigenvalue weighted by Gasteiger charge is 2.81. The van der Waals surface area contributed by atoms with Crippen LogP contribution in [0.2, 0.25) is 0 Å². The van der Waals surface area contributed by atoms with Gasteiger partial charge in [0, 0.05) is 25.3 Å². The summed E-state index contributed by atoms with van der Waals surface area (Å²) in [5.41, 5.74) is -1.58. The SMILES string of the molecule is CC1(Cn2nc(C34CC(C3)C4(F)F)c(C(F)(F)F)c2C(N)=O)CC(F)(F)C1. The third-order valence-corrected chi connectivity index (χ3v) is 6.17. The Labute approximate surface area is 148 Å². The zero-order valence-electron chi connectivity index (χ0n) is 14.1. The Morgan fingerprint density at radius 1 is 1.22 bits per heavy atom. The van der Waals surface area contributed by atoms with Gasteiger partial charge in [-0.2, -0.15) is 18.3 Å². The number of aromatic nitrogens is 2. The van der Waals surface area contributed by atoms with E-state index in [1.807, 2.05) is 0 Å². The molecule has 4 saturated carbocycles. The number of hydrogen-bond donors (Lipinski definition) is 1. The third kappa shape index (κ3) is 2.29. The number of nitrogens with two attached hydrogens (primary N) is 1. The lowest BCUT2D eigenvalue weighted by Gasteiger charge is -2.66. The fraction of sp³-hybridized carbons (Fsp3) is 0.750. The topological polar surface area (TPSA) is 60.9 Å². The number of rotatable bonds is 4. The van der Waals surface area contributed by atoms with Gasteiger partial charge in [0.15, 0.2) is 0 Å². The van der Waals surface area contributed by atoms with E-state index in [0.29, 0.717) is 4.68 Å². The first-order valence-electron chi connectivity index (χ1n) is 8.36. The Hall–Kier alpha value is -1.81. The van der Waals surface area contributed by atoms with Crippen LogP contribution < -0.4 is 5.73 Å². The average molecular weight is 399 g/mol. The summed E-state index contributed by atoms with van der Waals surface area (Å²) >= 11 is 0. The molecular weight excluding hydrogens is 383 g/mol. The molecule has 2 N–H and O–H groups in total. The van der Waals surface area contributed by atoms with Gasteiger partial charge in [0.1, 0.15) is 11.3 Å². The summed E-state index contributed by atoms with van der Waals surface area (Å²) in [6, 6.07) is 0. The predicted octanol–water partition coefficient (Wildman–Crippen LogP) is 3.73. The molecule has 0 atom stereocenters. The highest BCUT2D eigenvalue weighted by atomic mass is 19.4. The van der Waals surface area contributed by atoms with Gasteiger partial charge >= 0.3 is 6.18 Å². The van der Waals surface area contributed by atoms with E-state index in [4.69, 9.17) is 5.73 Å². The highest BCUT2D eigenvalue weighted by Crippen LogP contribution is 2.74. The standard InChI is InChI=1S/C16H16F7N3O/c1-12(4-14(17,18)5-12)6-26-9(11(24)27)8(16(21,22)23)10(25-26)13-2-7(3-13)15(13,19)20/h7H,2-6H2,1H3,(H2,24,27). The van der Waals surface area contributed by atoms with Crippen molar-refractivity contribution in [2.24, 2.45) is 17.1 Å². The molecule has 0 aromatic carbocycles. The molecule has 4 aliphatic carbocycles. The molecule has 1 aromatic rings. The van der Waals surface area contributed by atoms with Crippen LogP contribution in [0.5, 0.6) is 0 Å². The van der Waals surface area contributed by atoms with Crippen LogP contribution >= 0.6 is 0 Å². The van der Waals surface area contributed by atoms with Crippen LogP contribution in [0.25, 0.3) is 0 Å². The first kappa shape index (κ1) is 18.5. The van der Waals surface area contributed by atoms with Crippen molar-refractivity contribution in [1.82, 2.24) is 9.78 Å². The maximum absolute atomic E-state index is 14.1. The Bertz CT molecular complexity index is 828. The predicted molar refractivity (Wildman–Crippen MR) is 77.4 cm³/mol. The van der Waals surface area contributed by atoms with Gasteiger partial charge in [0.25, 0.3) is 11.8 Å². The number of carbonyl (C=O) groups is 1. The van der Waals surface area contributed by atoms with Crippen molar-refractivity contribution in [3.63, 3.8) is 0 Å². The van der Waals surface area contributed by atoms with Gasteiger partial charge in [-0.15, -0.1) is 0 Å². The monoisotopic (exact) mass is 399 g/mol. The van der Waals surface area contributed by atoms with E-state index >= 15 is 0 Å². The quantitative estimate of drug-likeness (QED) is 0.785. The molecule has 0 radical (unpaired) electrons. The summed E-state index contributed by atoms with van der Waals surface area (Å²) in [4.78, 5) is 11.8. The summed E-state index contributed by atoms with van der Waals surface area (Å²) in [6.07, 6.45) is -6.65. The molecular formula is C16H16F7N3O. The molecule has 4 fully saturated rings. The lowest BCUT2D eigenvalue weighted by Crippen LogP contribution is -2.74. The number of nitrogens with zero attached hydrogens (tertiary/aromatic N) is 2. The van der Waals surface area contributed by atoms with Crippen LogP contribution in [0.3, 0.4) is 0 Å². The molecule has 1 aromatic heterocycles. The van der Waals surface area contributed by atoms with E-state index in [1.54, 1.807) is 0 Å². The fourth-order valence-electron chi connectivity index (χ4n) is 4.89. The summed E-state index contributed by atoms with van der Waals surface area (Å²) in [5, 5.41) is 3.71. The third-order valence-electron chi connectivity index (χ3n) is 6.17. The average Bonchev–Trinajstić information content (AvgIpc) is 2.72. The van der Waals surface area contributed by atoms with Crippen molar-refractivity contribution in [3.8, 4) is 0 Å². The Morgan fingerprint density at radius 2 is 1.78 bits per heavy atom. The molecule has 4 aliphatic rings. The van der Waals surface area contributed by atoms with Crippen LogP contribution in [-0.4, -0.2) is 27.5 Å². The second kappa shape index (κ2) is 4.78. The minimum atomic E-state index is -5.13. The van der Waals surface area contributed by atoms with Crippen LogP contribution in [0.4, 0.5) is 30.7 Å². The molecule has 0 unspecified atom stereocenters. The van der Waals surface area contributed by atoms with Crippen LogP contribution in [0.1, 0.15) is 54.4 Å². The molecule has 0 aliphatic heterocycles. The smallest absolute Gasteiger partial charge is 0.364 e. The van der Waals surface area contributed by atoms with Gasteiger partial charge < -0.3 is 5.73 Å². The van der Waals surface area contributed by atoms with Gasteiger partial charge in [-0.1, -0.05) is 6.92 Å². The number of alkyl halides is 7. The number of hydrogen-bond acceptors (Lipinski definition) is 2. The molecule has 11 heteroatoms. The largest absolute Gasteiger partial charge is 0.420 e. The fourth-order valence-corrected chi connectivity index (χ4v) is 4.89. The molecule has 0 saturated heterocycles. The van der Waals surface area contributed by atoms with E-state index in [-0.39, 0.29) is 12.8 Å². The first-order valence-corrected chi connectivity index (χ1v) is 8.36. The zero-order valence-corrected chi connectivity index (χ0v) is 14.1. The molecule has 2 bridgehead atoms. The highest BCUT2D eigenvalue weighted by molar-refractivity contribution is 5.93. The van der Waals surface area contributed by atoms with Gasteiger partial charge in [-0.25, -0.2) is 17.6 Å². The zero-order chi connectivity index (χ0) is 20.2. The lowest BCUT2D eigenvalue weighted by molar-refractivity contribution is -0.305. The van der Waals surface area contributed by atoms with E-state index in [0.717, 1.165) is 0 Å². The van der Waals surface area contributed by atoms with Crippen molar-refractivity contribution < 1.29 is 35.5 Å². The summed E-state index contributed by atoms with van der Waals surface area (Å²) < 4.78 is 96.3.